The van der Waals surface area contributed by atoms with Crippen molar-refractivity contribution in [1.82, 2.24) is 4.98 Å². The normalized spacial score (nSPS) is 29.7. The minimum atomic E-state index is -3.28. The maximum Gasteiger partial charge on any atom is 0.301 e. The third-order valence-electron chi connectivity index (χ3n) is 3.37. The number of pyridine rings is 1. The lowest BCUT2D eigenvalue weighted by molar-refractivity contribution is -0.153. The van der Waals surface area contributed by atoms with Gasteiger partial charge in [0.2, 0.25) is 0 Å². The minimum Gasteiger partial charge on any atom is -0.380 e. The fraction of sp³-hybridized carbons (Fsp3) is 0.545. The molecule has 0 spiro atoms. The summed E-state index contributed by atoms with van der Waals surface area (Å²) >= 11 is 5.84. The molecule has 98 valence electrons. The topological polar surface area (TPSA) is 45.6 Å². The number of hydrogen-bond donors (Lipinski definition) is 1. The van der Waals surface area contributed by atoms with Crippen LogP contribution in [0.3, 0.4) is 0 Å². The summed E-state index contributed by atoms with van der Waals surface area (Å²) < 4.78 is 33.2. The molecule has 0 aliphatic carbocycles. The van der Waals surface area contributed by atoms with Crippen molar-refractivity contribution < 1.29 is 18.6 Å². The first-order valence-electron chi connectivity index (χ1n) is 5.57. The van der Waals surface area contributed by atoms with Crippen LogP contribution in [0, 0.1) is 0 Å². The number of anilines is 1. The van der Waals surface area contributed by atoms with E-state index in [9.17, 15) is 13.9 Å². The Labute approximate surface area is 107 Å². The number of aliphatic hydroxyl groups excluding tert-OH is 1. The zero-order valence-electron chi connectivity index (χ0n) is 9.31. The van der Waals surface area contributed by atoms with E-state index in [1.165, 1.54) is 11.1 Å². The Morgan fingerprint density at radius 3 is 3.11 bits per heavy atom. The van der Waals surface area contributed by atoms with E-state index in [0.29, 0.717) is 23.9 Å². The van der Waals surface area contributed by atoms with E-state index in [2.05, 4.69) is 4.98 Å². The summed E-state index contributed by atoms with van der Waals surface area (Å²) in [7, 11) is 0. The number of aliphatic hydroxyl groups is 1. The fourth-order valence-electron chi connectivity index (χ4n) is 2.46. The monoisotopic (exact) mass is 276 g/mol. The highest BCUT2D eigenvalue weighted by atomic mass is 35.5. The predicted octanol–water partition coefficient (Wildman–Crippen LogP) is 1.62. The minimum absolute atomic E-state index is 0.0254. The van der Waals surface area contributed by atoms with Crippen LogP contribution in [0.5, 0.6) is 0 Å². The Balaban J connectivity index is 2.15. The maximum absolute atomic E-state index is 14.1. The van der Waals surface area contributed by atoms with Gasteiger partial charge in [0.1, 0.15) is 6.04 Å². The molecule has 3 heterocycles. The van der Waals surface area contributed by atoms with E-state index in [0.717, 1.165) is 0 Å². The van der Waals surface area contributed by atoms with Gasteiger partial charge in [-0.25, -0.2) is 8.78 Å². The van der Waals surface area contributed by atoms with Crippen molar-refractivity contribution in [2.75, 3.05) is 24.7 Å². The number of ether oxygens (including phenoxy) is 1. The largest absolute Gasteiger partial charge is 0.380 e. The van der Waals surface area contributed by atoms with E-state index in [-0.39, 0.29) is 12.3 Å². The average Bonchev–Trinajstić information content (AvgIpc) is 2.36. The molecule has 18 heavy (non-hydrogen) atoms. The highest BCUT2D eigenvalue weighted by molar-refractivity contribution is 6.30. The molecule has 1 N–H and O–H groups in total. The molecule has 0 saturated carbocycles. The molecule has 2 aliphatic rings. The molecular weight excluding hydrogens is 266 g/mol. The van der Waals surface area contributed by atoms with Crippen LogP contribution in [-0.4, -0.2) is 41.8 Å². The van der Waals surface area contributed by atoms with Gasteiger partial charge in [0.25, 0.3) is 0 Å². The Morgan fingerprint density at radius 1 is 1.56 bits per heavy atom. The van der Waals surface area contributed by atoms with Crippen LogP contribution in [0.25, 0.3) is 0 Å². The highest BCUT2D eigenvalue weighted by Gasteiger charge is 2.56. The van der Waals surface area contributed by atoms with Crippen molar-refractivity contribution in [3.8, 4) is 0 Å². The molecule has 7 heteroatoms. The second kappa shape index (κ2) is 4.01. The zero-order chi connectivity index (χ0) is 12.9. The number of hydrogen-bond acceptors (Lipinski definition) is 4. The number of fused-ring (bicyclic) bond motifs is 3. The molecule has 0 bridgehead atoms. The Kier molecular flexibility index (Phi) is 2.69. The lowest BCUT2D eigenvalue weighted by Crippen LogP contribution is -2.60. The summed E-state index contributed by atoms with van der Waals surface area (Å²) in [6.07, 6.45) is -0.659. The molecule has 1 saturated heterocycles. The van der Waals surface area contributed by atoms with Crippen LogP contribution < -0.4 is 4.90 Å². The van der Waals surface area contributed by atoms with Gasteiger partial charge in [0.05, 0.1) is 29.6 Å². The molecule has 3 rings (SSSR count). The lowest BCUT2D eigenvalue weighted by atomic mass is 9.92. The molecule has 1 aromatic heterocycles. The molecule has 0 radical (unpaired) electrons. The maximum atomic E-state index is 14.1. The molecular formula is C11H11ClF2N2O2. The molecule has 4 nitrogen and oxygen atoms in total. The van der Waals surface area contributed by atoms with Gasteiger partial charge < -0.3 is 14.7 Å². The van der Waals surface area contributed by atoms with Gasteiger partial charge in [-0.05, 0) is 6.07 Å². The second-order valence-corrected chi connectivity index (χ2v) is 4.86. The summed E-state index contributed by atoms with van der Waals surface area (Å²) in [5, 5.41) is 10.1. The molecule has 2 unspecified atom stereocenters. The Bertz CT molecular complexity index is 486. The standard InChI is InChI=1S/C11H11ClF2N2O2/c12-6-3-7-9(15-4-6)10(17)11(13,14)8-5-18-2-1-16(7)8/h3-4,8,10,17H,1-2,5H2. The van der Waals surface area contributed by atoms with Crippen molar-refractivity contribution in [1.29, 1.82) is 0 Å². The number of halogens is 3. The first-order chi connectivity index (χ1) is 8.51. The number of aromatic nitrogens is 1. The molecule has 1 fully saturated rings. The van der Waals surface area contributed by atoms with Crippen LogP contribution in [0.2, 0.25) is 5.02 Å². The summed E-state index contributed by atoms with van der Waals surface area (Å²) in [5.74, 6) is -3.28. The first kappa shape index (κ1) is 12.1. The summed E-state index contributed by atoms with van der Waals surface area (Å²) in [6, 6.07) is 0.384. The van der Waals surface area contributed by atoms with Gasteiger partial charge in [-0.3, -0.25) is 4.98 Å². The second-order valence-electron chi connectivity index (χ2n) is 4.42. The summed E-state index contributed by atoms with van der Waals surface area (Å²) in [5.41, 5.74) is 0.441. The number of alkyl halides is 2. The highest BCUT2D eigenvalue weighted by Crippen LogP contribution is 2.46. The molecule has 0 aromatic carbocycles. The molecule has 0 amide bonds. The zero-order valence-corrected chi connectivity index (χ0v) is 10.1. The fourth-order valence-corrected chi connectivity index (χ4v) is 2.61. The Hall–Kier alpha value is -0.980. The van der Waals surface area contributed by atoms with Gasteiger partial charge in [-0.15, -0.1) is 0 Å². The lowest BCUT2D eigenvalue weighted by Gasteiger charge is -2.47. The van der Waals surface area contributed by atoms with E-state index in [1.54, 1.807) is 6.07 Å². The molecule has 2 atom stereocenters. The number of rotatable bonds is 0. The average molecular weight is 277 g/mol. The SMILES string of the molecule is OC1c2ncc(Cl)cc2N2CCOCC2C1(F)F. The third kappa shape index (κ3) is 1.60. The van der Waals surface area contributed by atoms with Crippen LogP contribution in [0.15, 0.2) is 12.3 Å². The first-order valence-corrected chi connectivity index (χ1v) is 5.95. The van der Waals surface area contributed by atoms with Crippen molar-refractivity contribution in [2.24, 2.45) is 0 Å². The van der Waals surface area contributed by atoms with E-state index < -0.39 is 18.1 Å². The third-order valence-corrected chi connectivity index (χ3v) is 3.58. The van der Waals surface area contributed by atoms with Gasteiger partial charge >= 0.3 is 5.92 Å². The van der Waals surface area contributed by atoms with Crippen molar-refractivity contribution in [3.63, 3.8) is 0 Å². The molecule has 2 aliphatic heterocycles. The summed E-state index contributed by atoms with van der Waals surface area (Å²) in [6.45, 7) is 0.590. The quantitative estimate of drug-likeness (QED) is 0.782. The van der Waals surface area contributed by atoms with Crippen molar-refractivity contribution in [2.45, 2.75) is 18.1 Å². The van der Waals surface area contributed by atoms with Crippen molar-refractivity contribution in [3.05, 3.63) is 23.0 Å². The van der Waals surface area contributed by atoms with Gasteiger partial charge in [-0.1, -0.05) is 11.6 Å². The summed E-state index contributed by atoms with van der Waals surface area (Å²) in [4.78, 5) is 5.36. The van der Waals surface area contributed by atoms with Gasteiger partial charge in [0.15, 0.2) is 6.10 Å². The predicted molar refractivity (Wildman–Crippen MR) is 61.1 cm³/mol. The van der Waals surface area contributed by atoms with Crippen LogP contribution in [0.1, 0.15) is 11.8 Å². The van der Waals surface area contributed by atoms with Crippen LogP contribution in [0.4, 0.5) is 14.5 Å². The molecule has 1 aromatic rings. The van der Waals surface area contributed by atoms with Gasteiger partial charge in [-0.2, -0.15) is 0 Å². The number of nitrogens with zero attached hydrogens (tertiary/aromatic N) is 2. The van der Waals surface area contributed by atoms with E-state index in [1.807, 2.05) is 0 Å². The van der Waals surface area contributed by atoms with E-state index in [4.69, 9.17) is 16.3 Å². The van der Waals surface area contributed by atoms with E-state index >= 15 is 0 Å². The van der Waals surface area contributed by atoms with Crippen LogP contribution >= 0.6 is 11.6 Å². The Morgan fingerprint density at radius 2 is 2.33 bits per heavy atom. The smallest absolute Gasteiger partial charge is 0.301 e. The number of morpholine rings is 1. The van der Waals surface area contributed by atoms with Crippen LogP contribution in [-0.2, 0) is 4.74 Å². The van der Waals surface area contributed by atoms with Gasteiger partial charge in [0, 0.05) is 12.7 Å². The van der Waals surface area contributed by atoms with Crippen molar-refractivity contribution >= 4 is 17.3 Å².